The Morgan fingerprint density at radius 3 is 3.00 bits per heavy atom. The van der Waals surface area contributed by atoms with E-state index in [2.05, 4.69) is 10.5 Å². The van der Waals surface area contributed by atoms with E-state index in [-0.39, 0.29) is 29.9 Å². The number of hydrogen-bond donors (Lipinski definition) is 1. The molecule has 2 amide bonds. The van der Waals surface area contributed by atoms with Crippen molar-refractivity contribution in [3.05, 3.63) is 28.5 Å². The first-order valence-corrected chi connectivity index (χ1v) is 8.64. The molecule has 1 N–H and O–H groups in total. The van der Waals surface area contributed by atoms with Crippen molar-refractivity contribution in [2.75, 3.05) is 13.1 Å². The Bertz CT molecular complexity index is 679. The number of amides is 2. The lowest BCUT2D eigenvalue weighted by Crippen LogP contribution is -2.38. The zero-order valence-electron chi connectivity index (χ0n) is 12.5. The number of carbonyl (C=O) groups is 2. The first-order valence-electron chi connectivity index (χ1n) is 7.76. The number of fused-ring (bicyclic) bond motifs is 1. The van der Waals surface area contributed by atoms with E-state index in [1.165, 1.54) is 0 Å². The molecule has 1 saturated heterocycles. The molecule has 2 fully saturated rings. The van der Waals surface area contributed by atoms with Gasteiger partial charge >= 0.3 is 0 Å². The summed E-state index contributed by atoms with van der Waals surface area (Å²) in [5.41, 5.74) is 0.430. The summed E-state index contributed by atoms with van der Waals surface area (Å²) in [5, 5.41) is 8.83. The number of carbonyl (C=O) groups excluding carboxylic acids is 2. The molecule has 0 unspecified atom stereocenters. The standard InChI is InChI=1S/C16H17N3O3S/c20-14(6-5-11-2-1-7-23-11)19-8-12-13(9-19)22-18-15(12)16(21)17-10-3-4-10/h1-2,5-7,10,12-13H,3-4,8-9H2,(H,17,21)/b6-5+/t12-,13+/m0/s1. The van der Waals surface area contributed by atoms with Crippen molar-refractivity contribution in [1.29, 1.82) is 0 Å². The van der Waals surface area contributed by atoms with Crippen LogP contribution in [0.3, 0.4) is 0 Å². The largest absolute Gasteiger partial charge is 0.389 e. The molecule has 1 aromatic heterocycles. The van der Waals surface area contributed by atoms with Gasteiger partial charge < -0.3 is 15.1 Å². The van der Waals surface area contributed by atoms with Crippen molar-refractivity contribution < 1.29 is 14.4 Å². The van der Waals surface area contributed by atoms with Crippen LogP contribution in [0.25, 0.3) is 6.08 Å². The van der Waals surface area contributed by atoms with Crippen LogP contribution in [-0.4, -0.2) is 47.7 Å². The lowest BCUT2D eigenvalue weighted by molar-refractivity contribution is -0.125. The molecule has 0 bridgehead atoms. The van der Waals surface area contributed by atoms with Crippen LogP contribution in [0.4, 0.5) is 0 Å². The molecule has 0 aromatic carbocycles. The number of likely N-dealkylation sites (tertiary alicyclic amines) is 1. The summed E-state index contributed by atoms with van der Waals surface area (Å²) in [4.78, 5) is 32.6. The van der Waals surface area contributed by atoms with Gasteiger partial charge in [0, 0.05) is 23.5 Å². The van der Waals surface area contributed by atoms with Gasteiger partial charge in [-0.3, -0.25) is 9.59 Å². The van der Waals surface area contributed by atoms with Crippen molar-refractivity contribution in [2.24, 2.45) is 11.1 Å². The van der Waals surface area contributed by atoms with E-state index < -0.39 is 0 Å². The number of rotatable bonds is 4. The third-order valence-corrected chi connectivity index (χ3v) is 5.13. The van der Waals surface area contributed by atoms with Gasteiger partial charge in [0.2, 0.25) is 5.91 Å². The SMILES string of the molecule is O=C(NC1CC1)C1=NO[C@@H]2CN(C(=O)/C=C/c3cccs3)C[C@H]12. The number of nitrogens with zero attached hydrogens (tertiary/aromatic N) is 2. The van der Waals surface area contributed by atoms with E-state index in [0.717, 1.165) is 17.7 Å². The van der Waals surface area contributed by atoms with Crippen LogP contribution in [0.15, 0.2) is 28.7 Å². The number of nitrogens with one attached hydrogen (secondary N) is 1. The summed E-state index contributed by atoms with van der Waals surface area (Å²) in [6.45, 7) is 0.956. The number of hydrogen-bond acceptors (Lipinski definition) is 5. The van der Waals surface area contributed by atoms with Crippen LogP contribution in [0.5, 0.6) is 0 Å². The number of thiophene rings is 1. The Balaban J connectivity index is 1.38. The smallest absolute Gasteiger partial charge is 0.269 e. The molecule has 0 spiro atoms. The van der Waals surface area contributed by atoms with Crippen molar-refractivity contribution in [3.63, 3.8) is 0 Å². The van der Waals surface area contributed by atoms with Crippen molar-refractivity contribution >= 4 is 34.9 Å². The highest BCUT2D eigenvalue weighted by Gasteiger charge is 2.46. The highest BCUT2D eigenvalue weighted by molar-refractivity contribution is 7.10. The van der Waals surface area contributed by atoms with Crippen LogP contribution in [0.2, 0.25) is 0 Å². The van der Waals surface area contributed by atoms with Crippen LogP contribution in [0, 0.1) is 5.92 Å². The minimum Gasteiger partial charge on any atom is -0.389 e. The second-order valence-corrected chi connectivity index (χ2v) is 7.05. The van der Waals surface area contributed by atoms with E-state index in [4.69, 9.17) is 4.84 Å². The molecule has 2 atom stereocenters. The van der Waals surface area contributed by atoms with E-state index >= 15 is 0 Å². The second-order valence-electron chi connectivity index (χ2n) is 6.07. The predicted molar refractivity (Wildman–Crippen MR) is 86.9 cm³/mol. The summed E-state index contributed by atoms with van der Waals surface area (Å²) in [7, 11) is 0. The van der Waals surface area contributed by atoms with Crippen molar-refractivity contribution in [1.82, 2.24) is 10.2 Å². The minimum absolute atomic E-state index is 0.0571. The fraction of sp³-hybridized carbons (Fsp3) is 0.438. The maximum absolute atomic E-state index is 12.3. The third-order valence-electron chi connectivity index (χ3n) is 4.29. The molecule has 2 aliphatic heterocycles. The van der Waals surface area contributed by atoms with Gasteiger partial charge in [-0.2, -0.15) is 0 Å². The van der Waals surface area contributed by atoms with E-state index in [0.29, 0.717) is 18.8 Å². The monoisotopic (exact) mass is 331 g/mol. The zero-order chi connectivity index (χ0) is 15.8. The molecule has 23 heavy (non-hydrogen) atoms. The molecule has 4 rings (SSSR count). The highest BCUT2D eigenvalue weighted by Crippen LogP contribution is 2.28. The molecular weight excluding hydrogens is 314 g/mol. The topological polar surface area (TPSA) is 71.0 Å². The molecule has 1 saturated carbocycles. The molecule has 3 aliphatic rings. The zero-order valence-corrected chi connectivity index (χ0v) is 13.3. The van der Waals surface area contributed by atoms with Gasteiger partial charge in [-0.1, -0.05) is 11.2 Å². The van der Waals surface area contributed by atoms with E-state index in [1.54, 1.807) is 22.3 Å². The average molecular weight is 331 g/mol. The van der Waals surface area contributed by atoms with Gasteiger partial charge in [-0.05, 0) is 30.4 Å². The second kappa shape index (κ2) is 5.81. The van der Waals surface area contributed by atoms with Gasteiger partial charge in [0.25, 0.3) is 5.91 Å². The predicted octanol–water partition coefficient (Wildman–Crippen LogP) is 1.25. The summed E-state index contributed by atoms with van der Waals surface area (Å²) in [6.07, 6.45) is 5.26. The third kappa shape index (κ3) is 3.01. The van der Waals surface area contributed by atoms with Gasteiger partial charge in [0.15, 0.2) is 11.8 Å². The Hall–Kier alpha value is -2.15. The average Bonchev–Trinajstić information content (AvgIpc) is 2.97. The van der Waals surface area contributed by atoms with Gasteiger partial charge in [0.1, 0.15) is 0 Å². The molecule has 3 heterocycles. The molecule has 120 valence electrons. The fourth-order valence-electron chi connectivity index (χ4n) is 2.86. The van der Waals surface area contributed by atoms with Crippen molar-refractivity contribution in [2.45, 2.75) is 25.0 Å². The molecule has 0 radical (unpaired) electrons. The summed E-state index contributed by atoms with van der Waals surface area (Å²) in [6, 6.07) is 4.20. The van der Waals surface area contributed by atoms with Gasteiger partial charge in [-0.15, -0.1) is 11.3 Å². The lowest BCUT2D eigenvalue weighted by Gasteiger charge is -2.14. The Kier molecular flexibility index (Phi) is 3.65. The summed E-state index contributed by atoms with van der Waals surface area (Å²) >= 11 is 1.59. The quantitative estimate of drug-likeness (QED) is 0.844. The Labute approximate surface area is 137 Å². The van der Waals surface area contributed by atoms with Crippen LogP contribution in [0.1, 0.15) is 17.7 Å². The van der Waals surface area contributed by atoms with Crippen LogP contribution in [-0.2, 0) is 14.4 Å². The van der Waals surface area contributed by atoms with E-state index in [9.17, 15) is 9.59 Å². The van der Waals surface area contributed by atoms with Crippen LogP contribution >= 0.6 is 11.3 Å². The van der Waals surface area contributed by atoms with E-state index in [1.807, 2.05) is 23.6 Å². The number of oxime groups is 1. The normalized spacial score (nSPS) is 26.1. The first-order chi connectivity index (χ1) is 11.2. The molecular formula is C16H17N3O3S. The highest BCUT2D eigenvalue weighted by atomic mass is 32.1. The maximum Gasteiger partial charge on any atom is 0.269 e. The maximum atomic E-state index is 12.3. The van der Waals surface area contributed by atoms with Gasteiger partial charge in [-0.25, -0.2) is 0 Å². The van der Waals surface area contributed by atoms with Crippen LogP contribution < -0.4 is 5.32 Å². The minimum atomic E-state index is -0.200. The summed E-state index contributed by atoms with van der Waals surface area (Å²) in [5.74, 6) is -0.324. The molecule has 7 heteroatoms. The van der Waals surface area contributed by atoms with Gasteiger partial charge in [0.05, 0.1) is 12.5 Å². The Morgan fingerprint density at radius 1 is 1.39 bits per heavy atom. The lowest BCUT2D eigenvalue weighted by atomic mass is 10.0. The molecule has 1 aliphatic carbocycles. The summed E-state index contributed by atoms with van der Waals surface area (Å²) < 4.78 is 0. The fourth-order valence-corrected chi connectivity index (χ4v) is 3.48. The molecule has 1 aromatic rings. The van der Waals surface area contributed by atoms with Crippen molar-refractivity contribution in [3.8, 4) is 0 Å². The Morgan fingerprint density at radius 2 is 2.26 bits per heavy atom. The molecule has 6 nitrogen and oxygen atoms in total. The first kappa shape index (κ1) is 14.4.